The average Bonchev–Trinajstić information content (AvgIpc) is 3.08. The molecule has 2 aromatic rings. The monoisotopic (exact) mass is 417 g/mol. The van der Waals surface area contributed by atoms with Gasteiger partial charge < -0.3 is 20.1 Å². The highest BCUT2D eigenvalue weighted by Crippen LogP contribution is 2.40. The predicted molar refractivity (Wildman–Crippen MR) is 95.8 cm³/mol. The zero-order valence-corrected chi connectivity index (χ0v) is 15.7. The number of rotatable bonds is 4. The van der Waals surface area contributed by atoms with Crippen molar-refractivity contribution in [3.8, 4) is 5.88 Å². The number of carbonyl (C=O) groups is 2. The highest BCUT2D eigenvalue weighted by atomic mass is 32.1. The Morgan fingerprint density at radius 1 is 1.39 bits per heavy atom. The molecule has 2 aromatic heterocycles. The van der Waals surface area contributed by atoms with Crippen LogP contribution in [0.25, 0.3) is 10.2 Å². The molecule has 1 saturated heterocycles. The minimum absolute atomic E-state index is 0.0170. The van der Waals surface area contributed by atoms with E-state index < -0.39 is 23.7 Å². The molecule has 1 fully saturated rings. The first-order valence-corrected chi connectivity index (χ1v) is 9.41. The molecule has 28 heavy (non-hydrogen) atoms. The molecule has 3 rings (SSSR count). The van der Waals surface area contributed by atoms with Crippen LogP contribution in [0.15, 0.2) is 11.4 Å². The van der Waals surface area contributed by atoms with Crippen molar-refractivity contribution in [1.29, 1.82) is 0 Å². The van der Waals surface area contributed by atoms with E-state index in [1.54, 1.807) is 0 Å². The maximum atomic E-state index is 13.5. The lowest BCUT2D eigenvalue weighted by atomic mass is 9.98. The van der Waals surface area contributed by atoms with Gasteiger partial charge in [-0.3, -0.25) is 4.79 Å². The molecule has 1 aliphatic heterocycles. The number of thiophene rings is 1. The molecule has 0 unspecified atom stereocenters. The van der Waals surface area contributed by atoms with E-state index in [2.05, 4.69) is 10.3 Å². The fourth-order valence-electron chi connectivity index (χ4n) is 3.06. The van der Waals surface area contributed by atoms with Gasteiger partial charge in [0.25, 0.3) is 5.91 Å². The molecule has 3 heterocycles. The van der Waals surface area contributed by atoms with Crippen LogP contribution in [0.5, 0.6) is 5.88 Å². The third-order valence-electron chi connectivity index (χ3n) is 4.63. The van der Waals surface area contributed by atoms with Crippen LogP contribution in [0.4, 0.5) is 18.0 Å². The first-order chi connectivity index (χ1) is 13.2. The van der Waals surface area contributed by atoms with Gasteiger partial charge in [0, 0.05) is 31.6 Å². The summed E-state index contributed by atoms with van der Waals surface area (Å²) >= 11 is 0.809. The number of hydrogen-bond acceptors (Lipinski definition) is 5. The third kappa shape index (κ3) is 4.13. The topological polar surface area (TPSA) is 91.8 Å². The summed E-state index contributed by atoms with van der Waals surface area (Å²) in [5, 5.41) is 12.7. The number of amides is 2. The number of hydrogen-bond donors (Lipinski definition) is 2. The number of pyridine rings is 1. The Hall–Kier alpha value is -2.56. The number of fused-ring (bicyclic) bond motifs is 1. The second-order valence-corrected chi connectivity index (χ2v) is 7.32. The number of carbonyl (C=O) groups excluding carboxylic acids is 1. The van der Waals surface area contributed by atoms with Gasteiger partial charge in [-0.25, -0.2) is 9.78 Å². The van der Waals surface area contributed by atoms with Crippen molar-refractivity contribution in [2.75, 3.05) is 26.7 Å². The van der Waals surface area contributed by atoms with Crippen molar-refractivity contribution in [2.24, 2.45) is 5.92 Å². The normalized spacial score (nSPS) is 15.6. The fourth-order valence-corrected chi connectivity index (χ4v) is 4.08. The van der Waals surface area contributed by atoms with Crippen LogP contribution in [-0.2, 0) is 6.18 Å². The van der Waals surface area contributed by atoms with E-state index in [0.29, 0.717) is 25.9 Å². The summed E-state index contributed by atoms with van der Waals surface area (Å²) < 4.78 is 45.8. The van der Waals surface area contributed by atoms with E-state index in [1.807, 2.05) is 0 Å². The molecule has 0 atom stereocenters. The lowest BCUT2D eigenvalue weighted by Crippen LogP contribution is -2.38. The number of piperidine rings is 1. The largest absolute Gasteiger partial charge is 0.477 e. The van der Waals surface area contributed by atoms with Crippen molar-refractivity contribution in [2.45, 2.75) is 19.0 Å². The Morgan fingerprint density at radius 3 is 2.64 bits per heavy atom. The molecule has 7 nitrogen and oxygen atoms in total. The smallest absolute Gasteiger partial charge is 0.418 e. The van der Waals surface area contributed by atoms with Gasteiger partial charge in [-0.15, -0.1) is 11.3 Å². The molecule has 0 bridgehead atoms. The zero-order chi connectivity index (χ0) is 20.5. The number of carboxylic acid groups (broad SMARTS) is 1. The molecule has 1 aliphatic rings. The van der Waals surface area contributed by atoms with Crippen LogP contribution >= 0.6 is 11.3 Å². The molecular formula is C17H18F3N3O4S. The molecule has 0 spiro atoms. The molecule has 11 heteroatoms. The molecule has 0 saturated carbocycles. The summed E-state index contributed by atoms with van der Waals surface area (Å²) in [6.45, 7) is 0.840. The average molecular weight is 417 g/mol. The van der Waals surface area contributed by atoms with Crippen LogP contribution in [0.1, 0.15) is 28.8 Å². The summed E-state index contributed by atoms with van der Waals surface area (Å²) in [5.74, 6) is -0.711. The van der Waals surface area contributed by atoms with Gasteiger partial charge in [0.05, 0.1) is 28.0 Å². The van der Waals surface area contributed by atoms with Gasteiger partial charge in [-0.2, -0.15) is 13.2 Å². The minimum atomic E-state index is -4.61. The number of likely N-dealkylation sites (tertiary alicyclic amines) is 1. The van der Waals surface area contributed by atoms with Gasteiger partial charge in [0.1, 0.15) is 0 Å². The van der Waals surface area contributed by atoms with Crippen molar-refractivity contribution < 1.29 is 32.6 Å². The maximum Gasteiger partial charge on any atom is 0.418 e. The van der Waals surface area contributed by atoms with Crippen molar-refractivity contribution in [3.05, 3.63) is 22.6 Å². The lowest BCUT2D eigenvalue weighted by molar-refractivity contribution is -0.136. The summed E-state index contributed by atoms with van der Waals surface area (Å²) in [5.41, 5.74) is -0.878. The summed E-state index contributed by atoms with van der Waals surface area (Å²) in [7, 11) is 1.39. The quantitative estimate of drug-likeness (QED) is 0.795. The first kappa shape index (κ1) is 20.2. The van der Waals surface area contributed by atoms with Gasteiger partial charge in [0.2, 0.25) is 5.88 Å². The van der Waals surface area contributed by atoms with Crippen LogP contribution in [0.3, 0.4) is 0 Å². The third-order valence-corrected chi connectivity index (χ3v) is 5.63. The molecule has 0 aromatic carbocycles. The second-order valence-electron chi connectivity index (χ2n) is 6.44. The Labute approximate surface area is 162 Å². The van der Waals surface area contributed by atoms with Crippen LogP contribution in [0, 0.1) is 5.92 Å². The maximum absolute atomic E-state index is 13.5. The van der Waals surface area contributed by atoms with Crippen LogP contribution in [0.2, 0.25) is 0 Å². The number of nitrogens with zero attached hydrogens (tertiary/aromatic N) is 2. The van der Waals surface area contributed by atoms with Crippen molar-refractivity contribution in [3.63, 3.8) is 0 Å². The zero-order valence-electron chi connectivity index (χ0n) is 14.9. The Morgan fingerprint density at radius 2 is 2.07 bits per heavy atom. The highest BCUT2D eigenvalue weighted by Gasteiger charge is 2.35. The molecule has 2 amide bonds. The van der Waals surface area contributed by atoms with Crippen LogP contribution < -0.4 is 10.1 Å². The number of ether oxygens (including phenoxy) is 1. The van der Waals surface area contributed by atoms with E-state index in [-0.39, 0.29) is 34.2 Å². The van der Waals surface area contributed by atoms with Crippen molar-refractivity contribution >= 4 is 33.6 Å². The van der Waals surface area contributed by atoms with E-state index in [9.17, 15) is 22.8 Å². The molecule has 0 aliphatic carbocycles. The van der Waals surface area contributed by atoms with E-state index in [0.717, 1.165) is 17.4 Å². The van der Waals surface area contributed by atoms with Crippen molar-refractivity contribution in [1.82, 2.24) is 15.2 Å². The Kier molecular flexibility index (Phi) is 5.64. The van der Waals surface area contributed by atoms with Crippen LogP contribution in [-0.4, -0.2) is 53.7 Å². The summed E-state index contributed by atoms with van der Waals surface area (Å²) in [6.07, 6.45) is -4.48. The Bertz CT molecular complexity index is 892. The van der Waals surface area contributed by atoms with Gasteiger partial charge in [0.15, 0.2) is 0 Å². The van der Waals surface area contributed by atoms with Gasteiger partial charge >= 0.3 is 12.3 Å². The van der Waals surface area contributed by atoms with Gasteiger partial charge in [-0.05, 0) is 18.8 Å². The van der Waals surface area contributed by atoms with Gasteiger partial charge in [-0.1, -0.05) is 0 Å². The molecular weight excluding hydrogens is 399 g/mol. The predicted octanol–water partition coefficient (Wildman–Crippen LogP) is 3.44. The number of alkyl halides is 3. The molecule has 152 valence electrons. The summed E-state index contributed by atoms with van der Waals surface area (Å²) in [4.78, 5) is 28.3. The fraction of sp³-hybridized carbons (Fsp3) is 0.471. The SMILES string of the molecule is CNC(=O)c1csc2c(C(F)(F)F)cc(OCC3CCN(C(=O)O)CC3)nc12. The van der Waals surface area contributed by atoms with E-state index >= 15 is 0 Å². The number of halogens is 3. The lowest BCUT2D eigenvalue weighted by Gasteiger charge is -2.29. The highest BCUT2D eigenvalue weighted by molar-refractivity contribution is 7.17. The standard InChI is InChI=1S/C17H18F3N3O4S/c1-21-15(24)10-8-28-14-11(17(18,19)20)6-12(22-13(10)14)27-7-9-2-4-23(5-3-9)16(25)26/h6,8-9H,2-5,7H2,1H3,(H,21,24)(H,25,26). The van der Waals surface area contributed by atoms with E-state index in [1.165, 1.54) is 17.3 Å². The number of aromatic nitrogens is 1. The first-order valence-electron chi connectivity index (χ1n) is 8.53. The minimum Gasteiger partial charge on any atom is -0.477 e. The van der Waals surface area contributed by atoms with E-state index in [4.69, 9.17) is 9.84 Å². The summed E-state index contributed by atoms with van der Waals surface area (Å²) in [6, 6.07) is 0.846. The molecule has 0 radical (unpaired) electrons. The second kappa shape index (κ2) is 7.82. The molecule has 2 N–H and O–H groups in total. The Balaban J connectivity index is 1.83. The number of nitrogens with one attached hydrogen (secondary N) is 1.